The second kappa shape index (κ2) is 9.73. The van der Waals surface area contributed by atoms with Crippen LogP contribution in [0.25, 0.3) is 11.0 Å². The Hall–Kier alpha value is -1.09. The summed E-state index contributed by atoms with van der Waals surface area (Å²) in [5.41, 5.74) is 3.26. The van der Waals surface area contributed by atoms with Crippen LogP contribution in [0.3, 0.4) is 0 Å². The number of hydrogen-bond acceptors (Lipinski definition) is 5. The summed E-state index contributed by atoms with van der Waals surface area (Å²) in [7, 11) is 0. The summed E-state index contributed by atoms with van der Waals surface area (Å²) in [4.78, 5) is 11.9. The first-order valence-corrected chi connectivity index (χ1v) is 9.46. The van der Waals surface area contributed by atoms with Gasteiger partial charge in [0.05, 0.1) is 16.7 Å². The van der Waals surface area contributed by atoms with E-state index in [1.807, 2.05) is 45.0 Å². The van der Waals surface area contributed by atoms with Crippen LogP contribution in [0.4, 0.5) is 0 Å². The molecule has 0 radical (unpaired) electrons. The van der Waals surface area contributed by atoms with Crippen molar-refractivity contribution >= 4 is 51.8 Å². The summed E-state index contributed by atoms with van der Waals surface area (Å²) in [6.07, 6.45) is 1.31. The van der Waals surface area contributed by atoms with E-state index in [2.05, 4.69) is 15.0 Å². The molecule has 0 aliphatic carbocycles. The van der Waals surface area contributed by atoms with Gasteiger partial charge in [-0.15, -0.1) is 0 Å². The molecule has 2 atom stereocenters. The van der Waals surface area contributed by atoms with Crippen molar-refractivity contribution < 1.29 is 14.0 Å². The van der Waals surface area contributed by atoms with E-state index >= 15 is 0 Å². The number of rotatable bonds is 7. The number of imidazole rings is 1. The summed E-state index contributed by atoms with van der Waals surface area (Å²) >= 11 is -1.32. The Morgan fingerprint density at radius 3 is 2.77 bits per heavy atom. The molecule has 2 unspecified atom stereocenters. The first-order valence-electron chi connectivity index (χ1n) is 8.14. The molecule has 8 heteroatoms. The van der Waals surface area contributed by atoms with Crippen LogP contribution < -0.4 is 4.74 Å². The summed E-state index contributed by atoms with van der Waals surface area (Å²) in [5, 5.41) is 0.455. The van der Waals surface area contributed by atoms with Crippen molar-refractivity contribution in [3.05, 3.63) is 47.8 Å². The molecule has 6 nitrogen and oxygen atoms in total. The topological polar surface area (TPSA) is 83.1 Å². The minimum absolute atomic E-state index is 0. The molecule has 3 rings (SSSR count). The Kier molecular flexibility index (Phi) is 7.94. The summed E-state index contributed by atoms with van der Waals surface area (Å²) in [6.45, 7) is 6.25. The number of hydrogen-bond donors (Lipinski definition) is 1. The Bertz CT molecular complexity index is 826. The van der Waals surface area contributed by atoms with Crippen molar-refractivity contribution in [2.24, 2.45) is 0 Å². The first kappa shape index (κ1) is 21.2. The number of H-pyrrole nitrogens is 1. The second-order valence-corrected chi connectivity index (χ2v) is 6.94. The fourth-order valence-corrected chi connectivity index (χ4v) is 3.61. The monoisotopic (exact) mass is 383 g/mol. The van der Waals surface area contributed by atoms with Crippen molar-refractivity contribution in [2.45, 2.75) is 38.0 Å². The van der Waals surface area contributed by atoms with Crippen LogP contribution in [0.2, 0.25) is 0 Å². The van der Waals surface area contributed by atoms with Gasteiger partial charge in [0.15, 0.2) is 12.0 Å². The predicted molar refractivity (Wildman–Crippen MR) is 104 cm³/mol. The molecule has 0 aliphatic rings. The van der Waals surface area contributed by atoms with Crippen LogP contribution in [-0.2, 0) is 21.7 Å². The molecule has 1 aromatic carbocycles. The molecular weight excluding hydrogens is 361 g/mol. The molecule has 0 aliphatic heterocycles. The van der Waals surface area contributed by atoms with E-state index in [4.69, 9.17) is 9.47 Å². The number of ether oxygens (including phenoxy) is 2. The van der Waals surface area contributed by atoms with Gasteiger partial charge in [0.25, 0.3) is 0 Å². The van der Waals surface area contributed by atoms with E-state index in [0.717, 1.165) is 22.3 Å². The van der Waals surface area contributed by atoms with Gasteiger partial charge < -0.3 is 14.0 Å². The van der Waals surface area contributed by atoms with Gasteiger partial charge in [-0.05, 0) is 39.0 Å². The molecule has 134 valence electrons. The van der Waals surface area contributed by atoms with Crippen LogP contribution in [0.5, 0.6) is 5.75 Å². The standard InChI is InChI=1S/C18H21N3O3S.Na.H/c1-4-23-13(3)24-17-9-10-19-16(12(17)2)11-25(22)18-20-14-7-5-6-8-15(14)21-18;;/h5-10,13H,4,11H2,1-3H3,(H,20,21);;. The number of nitrogens with one attached hydrogen (secondary N) is 1. The maximum absolute atomic E-state index is 12.7. The van der Waals surface area contributed by atoms with Crippen LogP contribution in [0, 0.1) is 6.92 Å². The molecule has 0 amide bonds. The zero-order valence-electron chi connectivity index (χ0n) is 14.5. The van der Waals surface area contributed by atoms with Crippen molar-refractivity contribution in [2.75, 3.05) is 6.61 Å². The summed E-state index contributed by atoms with van der Waals surface area (Å²) in [5.74, 6) is 0.957. The molecule has 26 heavy (non-hydrogen) atoms. The SMILES string of the molecule is CCOC(C)Oc1ccnc(C[S+]([O-])c2nc3ccccc3[nH]2)c1C.[NaH]. The summed E-state index contributed by atoms with van der Waals surface area (Å²) in [6, 6.07) is 9.41. The number of aromatic nitrogens is 3. The molecule has 3 aromatic rings. The molecule has 1 N–H and O–H groups in total. The third-order valence-corrected chi connectivity index (χ3v) is 4.96. The van der Waals surface area contributed by atoms with Gasteiger partial charge in [0.1, 0.15) is 5.75 Å². The van der Waals surface area contributed by atoms with E-state index in [-0.39, 0.29) is 41.6 Å². The molecule has 0 spiro atoms. The molecule has 0 fully saturated rings. The molecule has 0 saturated heterocycles. The Balaban J connectivity index is 0.00000243. The maximum atomic E-state index is 12.7. The average molecular weight is 383 g/mol. The third-order valence-electron chi connectivity index (χ3n) is 3.80. The van der Waals surface area contributed by atoms with Crippen LogP contribution >= 0.6 is 0 Å². The quantitative estimate of drug-likeness (QED) is 0.385. The number of nitrogens with zero attached hydrogens (tertiary/aromatic N) is 2. The molecule has 0 saturated carbocycles. The number of fused-ring (bicyclic) bond motifs is 1. The van der Waals surface area contributed by atoms with E-state index in [1.54, 1.807) is 12.3 Å². The normalized spacial score (nSPS) is 13.2. The molecule has 2 aromatic heterocycles. The van der Waals surface area contributed by atoms with Gasteiger partial charge >= 0.3 is 34.7 Å². The van der Waals surface area contributed by atoms with Crippen LogP contribution in [0.1, 0.15) is 25.1 Å². The van der Waals surface area contributed by atoms with Gasteiger partial charge in [-0.3, -0.25) is 9.97 Å². The van der Waals surface area contributed by atoms with Gasteiger partial charge in [0.2, 0.25) is 0 Å². The molecular formula is C18H22N3NaO3S. The van der Waals surface area contributed by atoms with Gasteiger partial charge in [0, 0.05) is 29.5 Å². The minimum atomic E-state index is -1.32. The van der Waals surface area contributed by atoms with Gasteiger partial charge in [-0.2, -0.15) is 4.98 Å². The van der Waals surface area contributed by atoms with Crippen molar-refractivity contribution in [1.82, 2.24) is 15.0 Å². The second-order valence-electron chi connectivity index (χ2n) is 5.57. The number of pyridine rings is 1. The number of para-hydroxylation sites is 2. The molecule has 2 heterocycles. The fraction of sp³-hybridized carbons (Fsp3) is 0.333. The summed E-state index contributed by atoms with van der Waals surface area (Å²) < 4.78 is 23.9. The Morgan fingerprint density at radius 2 is 2.04 bits per heavy atom. The van der Waals surface area contributed by atoms with Gasteiger partial charge in [-0.25, -0.2) is 0 Å². The van der Waals surface area contributed by atoms with Crippen molar-refractivity contribution in [3.8, 4) is 5.75 Å². The Morgan fingerprint density at radius 1 is 1.27 bits per heavy atom. The van der Waals surface area contributed by atoms with Crippen LogP contribution in [0.15, 0.2) is 41.7 Å². The fourth-order valence-electron chi connectivity index (χ4n) is 2.51. The van der Waals surface area contributed by atoms with Gasteiger partial charge in [-0.1, -0.05) is 12.1 Å². The number of aromatic amines is 1. The molecule has 0 bridgehead atoms. The van der Waals surface area contributed by atoms with Crippen LogP contribution in [-0.4, -0.2) is 62.0 Å². The predicted octanol–water partition coefficient (Wildman–Crippen LogP) is 2.69. The third kappa shape index (κ3) is 5.00. The zero-order chi connectivity index (χ0) is 17.8. The van der Waals surface area contributed by atoms with E-state index in [9.17, 15) is 4.55 Å². The van der Waals surface area contributed by atoms with Crippen molar-refractivity contribution in [3.63, 3.8) is 0 Å². The number of benzene rings is 1. The van der Waals surface area contributed by atoms with Crippen molar-refractivity contribution in [1.29, 1.82) is 0 Å². The van der Waals surface area contributed by atoms with E-state index in [0.29, 0.717) is 17.5 Å². The zero-order valence-corrected chi connectivity index (χ0v) is 15.3. The Labute approximate surface area is 178 Å². The van der Waals surface area contributed by atoms with E-state index < -0.39 is 11.2 Å². The van der Waals surface area contributed by atoms with E-state index in [1.165, 1.54) is 0 Å². The first-order chi connectivity index (χ1) is 12.1. The average Bonchev–Trinajstić information content (AvgIpc) is 3.03.